The predicted molar refractivity (Wildman–Crippen MR) is 41.7 cm³/mol. The first kappa shape index (κ1) is 10.5. The van der Waals surface area contributed by atoms with Gasteiger partial charge in [-0.3, -0.25) is 0 Å². The largest absolute Gasteiger partial charge is 0.508 e. The quantitative estimate of drug-likeness (QED) is 0.600. The van der Waals surface area contributed by atoms with Crippen LogP contribution in [0.15, 0.2) is 0 Å². The van der Waals surface area contributed by atoms with E-state index in [1.54, 1.807) is 0 Å². The Kier molecular flexibility index (Phi) is 3.62. The predicted octanol–water partition coefficient (Wildman–Crippen LogP) is 0.540. The second kappa shape index (κ2) is 3.78. The van der Waals surface area contributed by atoms with Crippen molar-refractivity contribution in [3.63, 3.8) is 0 Å². The maximum Gasteiger partial charge on any atom is 0.508 e. The third-order valence-electron chi connectivity index (χ3n) is 1.57. The summed E-state index contributed by atoms with van der Waals surface area (Å²) < 4.78 is 9.29. The third-order valence-corrected chi connectivity index (χ3v) is 1.57. The molecule has 11 heavy (non-hydrogen) atoms. The SMILES string of the molecule is CC1(CN)COC(=O)OC1.Cl. The van der Waals surface area contributed by atoms with Gasteiger partial charge in [0.15, 0.2) is 0 Å². The summed E-state index contributed by atoms with van der Waals surface area (Å²) in [5.74, 6) is 0. The lowest BCUT2D eigenvalue weighted by molar-refractivity contribution is -0.0481. The highest BCUT2D eigenvalue weighted by atomic mass is 35.5. The van der Waals surface area contributed by atoms with Crippen LogP contribution in [0.5, 0.6) is 0 Å². The first-order valence-corrected chi connectivity index (χ1v) is 3.16. The molecule has 0 unspecified atom stereocenters. The smallest absolute Gasteiger partial charge is 0.434 e. The van der Waals surface area contributed by atoms with Crippen molar-refractivity contribution in [2.75, 3.05) is 19.8 Å². The van der Waals surface area contributed by atoms with Gasteiger partial charge in [-0.25, -0.2) is 4.79 Å². The van der Waals surface area contributed by atoms with Gasteiger partial charge in [0, 0.05) is 12.0 Å². The molecule has 1 rings (SSSR count). The van der Waals surface area contributed by atoms with Crippen molar-refractivity contribution >= 4 is 18.6 Å². The number of ether oxygens (including phenoxy) is 2. The average molecular weight is 182 g/mol. The van der Waals surface area contributed by atoms with Crippen molar-refractivity contribution in [2.24, 2.45) is 11.1 Å². The van der Waals surface area contributed by atoms with Crippen molar-refractivity contribution in [1.29, 1.82) is 0 Å². The first-order valence-electron chi connectivity index (χ1n) is 3.16. The molecular weight excluding hydrogens is 170 g/mol. The number of rotatable bonds is 1. The Labute approximate surface area is 71.4 Å². The molecule has 0 aromatic carbocycles. The van der Waals surface area contributed by atoms with E-state index in [0.29, 0.717) is 19.8 Å². The summed E-state index contributed by atoms with van der Waals surface area (Å²) in [5, 5.41) is 0. The summed E-state index contributed by atoms with van der Waals surface area (Å²) in [6, 6.07) is 0. The number of carbonyl (C=O) groups is 1. The zero-order chi connectivity index (χ0) is 7.61. The van der Waals surface area contributed by atoms with Gasteiger partial charge < -0.3 is 15.2 Å². The Hall–Kier alpha value is -0.480. The average Bonchev–Trinajstić information content (AvgIpc) is 1.96. The Bertz CT molecular complexity index is 141. The minimum absolute atomic E-state index is 0. The topological polar surface area (TPSA) is 61.5 Å². The van der Waals surface area contributed by atoms with Crippen LogP contribution in [0.3, 0.4) is 0 Å². The molecule has 1 aliphatic rings. The second-order valence-electron chi connectivity index (χ2n) is 2.84. The molecule has 0 amide bonds. The van der Waals surface area contributed by atoms with Crippen LogP contribution in [0.25, 0.3) is 0 Å². The Morgan fingerprint density at radius 3 is 2.36 bits per heavy atom. The normalized spacial score (nSPS) is 21.1. The molecule has 1 saturated heterocycles. The molecule has 0 atom stereocenters. The molecule has 0 spiro atoms. The lowest BCUT2D eigenvalue weighted by atomic mass is 9.93. The fourth-order valence-corrected chi connectivity index (χ4v) is 0.667. The molecule has 0 aromatic rings. The maximum atomic E-state index is 10.4. The molecule has 4 nitrogen and oxygen atoms in total. The van der Waals surface area contributed by atoms with Gasteiger partial charge in [-0.15, -0.1) is 12.4 Å². The van der Waals surface area contributed by atoms with E-state index < -0.39 is 6.16 Å². The van der Waals surface area contributed by atoms with Gasteiger partial charge in [0.1, 0.15) is 13.2 Å². The van der Waals surface area contributed by atoms with Crippen LogP contribution in [0.1, 0.15) is 6.92 Å². The lowest BCUT2D eigenvalue weighted by Gasteiger charge is -2.30. The highest BCUT2D eigenvalue weighted by Crippen LogP contribution is 2.19. The highest BCUT2D eigenvalue weighted by molar-refractivity contribution is 5.85. The number of carbonyl (C=O) groups excluding carboxylic acids is 1. The van der Waals surface area contributed by atoms with E-state index in [1.807, 2.05) is 6.92 Å². The summed E-state index contributed by atoms with van der Waals surface area (Å²) in [4.78, 5) is 10.4. The summed E-state index contributed by atoms with van der Waals surface area (Å²) in [7, 11) is 0. The number of hydrogen-bond acceptors (Lipinski definition) is 4. The molecule has 0 saturated carbocycles. The van der Waals surface area contributed by atoms with Gasteiger partial charge in [0.2, 0.25) is 0 Å². The van der Waals surface area contributed by atoms with Crippen LogP contribution in [-0.2, 0) is 9.47 Å². The number of nitrogens with two attached hydrogens (primary N) is 1. The summed E-state index contributed by atoms with van der Waals surface area (Å²) in [5.41, 5.74) is 5.23. The van der Waals surface area contributed by atoms with Crippen molar-refractivity contribution in [3.8, 4) is 0 Å². The number of halogens is 1. The monoisotopic (exact) mass is 181 g/mol. The molecule has 66 valence electrons. The molecule has 0 aliphatic carbocycles. The van der Waals surface area contributed by atoms with Gasteiger partial charge in [-0.1, -0.05) is 6.92 Å². The van der Waals surface area contributed by atoms with Crippen LogP contribution in [0.2, 0.25) is 0 Å². The van der Waals surface area contributed by atoms with Crippen molar-refractivity contribution < 1.29 is 14.3 Å². The lowest BCUT2D eigenvalue weighted by Crippen LogP contribution is -2.42. The van der Waals surface area contributed by atoms with E-state index in [4.69, 9.17) is 5.73 Å². The minimum atomic E-state index is -0.592. The van der Waals surface area contributed by atoms with Crippen LogP contribution < -0.4 is 5.73 Å². The molecule has 0 bridgehead atoms. The van der Waals surface area contributed by atoms with Crippen molar-refractivity contribution in [3.05, 3.63) is 0 Å². The minimum Gasteiger partial charge on any atom is -0.434 e. The Balaban J connectivity index is 0.000001000. The molecule has 0 aromatic heterocycles. The third kappa shape index (κ3) is 2.55. The zero-order valence-corrected chi connectivity index (χ0v) is 7.15. The maximum absolute atomic E-state index is 10.4. The fourth-order valence-electron chi connectivity index (χ4n) is 0.667. The highest BCUT2D eigenvalue weighted by Gasteiger charge is 2.31. The molecule has 5 heteroatoms. The van der Waals surface area contributed by atoms with E-state index in [2.05, 4.69) is 9.47 Å². The summed E-state index contributed by atoms with van der Waals surface area (Å²) in [6.07, 6.45) is -0.592. The molecule has 2 N–H and O–H groups in total. The van der Waals surface area contributed by atoms with E-state index in [0.717, 1.165) is 0 Å². The first-order chi connectivity index (χ1) is 4.66. The van der Waals surface area contributed by atoms with E-state index in [9.17, 15) is 4.79 Å². The van der Waals surface area contributed by atoms with Crippen LogP contribution in [0, 0.1) is 5.41 Å². The zero-order valence-electron chi connectivity index (χ0n) is 6.33. The van der Waals surface area contributed by atoms with Gasteiger partial charge in [-0.2, -0.15) is 0 Å². The molecular formula is C6H12ClNO3. The van der Waals surface area contributed by atoms with Gasteiger partial charge >= 0.3 is 6.16 Å². The molecule has 1 fully saturated rings. The van der Waals surface area contributed by atoms with Crippen LogP contribution in [-0.4, -0.2) is 25.9 Å². The molecule has 1 aliphatic heterocycles. The van der Waals surface area contributed by atoms with Gasteiger partial charge in [0.25, 0.3) is 0 Å². The van der Waals surface area contributed by atoms with Crippen molar-refractivity contribution in [2.45, 2.75) is 6.92 Å². The van der Waals surface area contributed by atoms with Gasteiger partial charge in [0.05, 0.1) is 0 Å². The Morgan fingerprint density at radius 1 is 1.55 bits per heavy atom. The van der Waals surface area contributed by atoms with Crippen LogP contribution >= 0.6 is 12.4 Å². The van der Waals surface area contributed by atoms with Crippen molar-refractivity contribution in [1.82, 2.24) is 0 Å². The molecule has 1 heterocycles. The van der Waals surface area contributed by atoms with E-state index in [-0.39, 0.29) is 17.8 Å². The standard InChI is InChI=1S/C6H11NO3.ClH/c1-6(2-7)3-9-5(8)10-4-6;/h2-4,7H2,1H3;1H. The second-order valence-corrected chi connectivity index (χ2v) is 2.84. The summed E-state index contributed by atoms with van der Waals surface area (Å²) >= 11 is 0. The number of hydrogen-bond donors (Lipinski definition) is 1. The van der Waals surface area contributed by atoms with Gasteiger partial charge in [-0.05, 0) is 0 Å². The molecule has 0 radical (unpaired) electrons. The van der Waals surface area contributed by atoms with Crippen LogP contribution in [0.4, 0.5) is 4.79 Å². The Morgan fingerprint density at radius 2 is 2.00 bits per heavy atom. The van der Waals surface area contributed by atoms with E-state index >= 15 is 0 Å². The number of cyclic esters (lactones) is 2. The summed E-state index contributed by atoms with van der Waals surface area (Å²) in [6.45, 7) is 3.12. The fraction of sp³-hybridized carbons (Fsp3) is 0.833. The van der Waals surface area contributed by atoms with E-state index in [1.165, 1.54) is 0 Å².